The molecule has 1 rings (SSSR count). The Morgan fingerprint density at radius 1 is 1.47 bits per heavy atom. The number of halogens is 1. The third-order valence-electron chi connectivity index (χ3n) is 2.68. The van der Waals surface area contributed by atoms with Crippen molar-refractivity contribution in [3.05, 3.63) is 29.8 Å². The second-order valence-corrected chi connectivity index (χ2v) is 4.23. The van der Waals surface area contributed by atoms with Crippen molar-refractivity contribution in [2.45, 2.75) is 38.8 Å². The topological polar surface area (TPSA) is 34.1 Å². The Kier molecular flexibility index (Phi) is 6.08. The van der Waals surface area contributed by atoms with E-state index in [4.69, 9.17) is 4.74 Å². The molecule has 0 fully saturated rings. The summed E-state index contributed by atoms with van der Waals surface area (Å²) >= 11 is 0. The molecular formula is C13H21FN2O. The third kappa shape index (κ3) is 4.79. The highest BCUT2D eigenvalue weighted by Crippen LogP contribution is 2.12. The number of hydrogen-bond acceptors (Lipinski definition) is 3. The van der Waals surface area contributed by atoms with Crippen molar-refractivity contribution in [1.82, 2.24) is 10.3 Å². The number of nitrogens with one attached hydrogen (secondary N) is 1. The Morgan fingerprint density at radius 2 is 2.24 bits per heavy atom. The molecule has 2 atom stereocenters. The fourth-order valence-corrected chi connectivity index (χ4v) is 1.85. The average Bonchev–Trinajstić information content (AvgIpc) is 2.30. The molecule has 0 saturated heterocycles. The van der Waals surface area contributed by atoms with Crippen LogP contribution in [0.5, 0.6) is 0 Å². The van der Waals surface area contributed by atoms with Gasteiger partial charge < -0.3 is 10.1 Å². The Labute approximate surface area is 102 Å². The molecule has 0 spiro atoms. The molecule has 1 heterocycles. The lowest BCUT2D eigenvalue weighted by Crippen LogP contribution is -2.35. The zero-order valence-electron chi connectivity index (χ0n) is 10.7. The molecule has 0 aliphatic heterocycles. The zero-order valence-corrected chi connectivity index (χ0v) is 10.7. The Morgan fingerprint density at radius 3 is 2.76 bits per heavy atom. The fourth-order valence-electron chi connectivity index (χ4n) is 1.85. The van der Waals surface area contributed by atoms with Gasteiger partial charge in [0.2, 0.25) is 0 Å². The van der Waals surface area contributed by atoms with Crippen molar-refractivity contribution >= 4 is 0 Å². The molecule has 3 nitrogen and oxygen atoms in total. The summed E-state index contributed by atoms with van der Waals surface area (Å²) in [6.07, 6.45) is 3.41. The summed E-state index contributed by atoms with van der Waals surface area (Å²) in [5, 5.41) is 3.44. The lowest BCUT2D eigenvalue weighted by atomic mass is 10.1. The summed E-state index contributed by atoms with van der Waals surface area (Å²) in [7, 11) is 1.70. The summed E-state index contributed by atoms with van der Waals surface area (Å²) in [6.45, 7) is 4.85. The maximum absolute atomic E-state index is 12.8. The number of hydrogen-bond donors (Lipinski definition) is 1. The summed E-state index contributed by atoms with van der Waals surface area (Å²) < 4.78 is 17.9. The van der Waals surface area contributed by atoms with Crippen LogP contribution in [0.4, 0.5) is 4.39 Å². The first-order valence-corrected chi connectivity index (χ1v) is 6.03. The number of ether oxygens (including phenoxy) is 1. The van der Waals surface area contributed by atoms with Gasteiger partial charge in [0, 0.05) is 19.2 Å². The van der Waals surface area contributed by atoms with Crippen molar-refractivity contribution in [3.63, 3.8) is 0 Å². The number of aromatic nitrogens is 1. The van der Waals surface area contributed by atoms with Gasteiger partial charge in [-0.2, -0.15) is 0 Å². The van der Waals surface area contributed by atoms with Gasteiger partial charge in [0.1, 0.15) is 5.82 Å². The third-order valence-corrected chi connectivity index (χ3v) is 2.68. The highest BCUT2D eigenvalue weighted by atomic mass is 19.1. The van der Waals surface area contributed by atoms with Crippen molar-refractivity contribution in [2.75, 3.05) is 13.7 Å². The van der Waals surface area contributed by atoms with Crippen LogP contribution in [0.3, 0.4) is 0 Å². The molecular weight excluding hydrogens is 219 g/mol. The van der Waals surface area contributed by atoms with Gasteiger partial charge in [0.05, 0.1) is 18.5 Å². The average molecular weight is 240 g/mol. The smallest absolute Gasteiger partial charge is 0.141 e. The number of rotatable bonds is 7. The van der Waals surface area contributed by atoms with E-state index < -0.39 is 0 Å². The van der Waals surface area contributed by atoms with Gasteiger partial charge in [-0.1, -0.05) is 13.3 Å². The van der Waals surface area contributed by atoms with Crippen LogP contribution >= 0.6 is 0 Å². The lowest BCUT2D eigenvalue weighted by Gasteiger charge is -2.22. The van der Waals surface area contributed by atoms with E-state index in [0.29, 0.717) is 12.6 Å². The van der Waals surface area contributed by atoms with Crippen molar-refractivity contribution in [3.8, 4) is 0 Å². The predicted octanol–water partition coefficient (Wildman–Crippen LogP) is 2.69. The molecule has 96 valence electrons. The van der Waals surface area contributed by atoms with Crippen LogP contribution in [-0.4, -0.2) is 24.7 Å². The molecule has 0 saturated carbocycles. The summed E-state index contributed by atoms with van der Waals surface area (Å²) in [4.78, 5) is 4.07. The minimum Gasteiger partial charge on any atom is -0.383 e. The van der Waals surface area contributed by atoms with Gasteiger partial charge in [0.15, 0.2) is 0 Å². The molecule has 1 aromatic heterocycles. The Bertz CT molecular complexity index is 310. The van der Waals surface area contributed by atoms with Crippen molar-refractivity contribution in [2.24, 2.45) is 0 Å². The van der Waals surface area contributed by atoms with E-state index in [1.807, 2.05) is 6.92 Å². The standard InChI is InChI=1S/C13H21FN2O/c1-4-5-12(9-17-3)16-10(2)13-7-6-11(14)8-15-13/h6-8,10,12,16H,4-5,9H2,1-3H3. The Hall–Kier alpha value is -1.00. The van der Waals surface area contributed by atoms with Crippen molar-refractivity contribution < 1.29 is 9.13 Å². The molecule has 0 aliphatic carbocycles. The van der Waals surface area contributed by atoms with Crippen molar-refractivity contribution in [1.29, 1.82) is 0 Å². The molecule has 0 aromatic carbocycles. The number of pyridine rings is 1. The highest BCUT2D eigenvalue weighted by Gasteiger charge is 2.13. The molecule has 1 N–H and O–H groups in total. The summed E-state index contributed by atoms with van der Waals surface area (Å²) in [6, 6.07) is 3.56. The first-order valence-electron chi connectivity index (χ1n) is 6.03. The van der Waals surface area contributed by atoms with Gasteiger partial charge in [-0.25, -0.2) is 4.39 Å². The van der Waals surface area contributed by atoms with Gasteiger partial charge in [-0.15, -0.1) is 0 Å². The van der Waals surface area contributed by atoms with Crippen LogP contribution in [-0.2, 0) is 4.74 Å². The Balaban J connectivity index is 2.56. The van der Waals surface area contributed by atoms with Gasteiger partial charge in [0.25, 0.3) is 0 Å². The second kappa shape index (κ2) is 7.35. The minimum absolute atomic E-state index is 0.0994. The SMILES string of the molecule is CCCC(COC)NC(C)c1ccc(F)cn1. The van der Waals surface area contributed by atoms with Crippen LogP contribution in [0.25, 0.3) is 0 Å². The summed E-state index contributed by atoms with van der Waals surface area (Å²) in [5.74, 6) is -0.303. The van der Waals surface area contributed by atoms with E-state index in [2.05, 4.69) is 17.2 Å². The molecule has 2 unspecified atom stereocenters. The molecule has 4 heteroatoms. The maximum atomic E-state index is 12.8. The highest BCUT2D eigenvalue weighted by molar-refractivity contribution is 5.09. The van der Waals surface area contributed by atoms with E-state index in [-0.39, 0.29) is 11.9 Å². The van der Waals surface area contributed by atoms with Gasteiger partial charge in [-0.05, 0) is 25.5 Å². The lowest BCUT2D eigenvalue weighted by molar-refractivity contribution is 0.156. The first-order chi connectivity index (χ1) is 8.17. The maximum Gasteiger partial charge on any atom is 0.141 e. The van der Waals surface area contributed by atoms with E-state index in [1.54, 1.807) is 13.2 Å². The number of nitrogens with zero attached hydrogens (tertiary/aromatic N) is 1. The van der Waals surface area contributed by atoms with Crippen LogP contribution < -0.4 is 5.32 Å². The second-order valence-electron chi connectivity index (χ2n) is 4.23. The molecule has 0 aliphatic rings. The molecule has 0 bridgehead atoms. The molecule has 0 radical (unpaired) electrons. The summed E-state index contributed by atoms with van der Waals surface area (Å²) in [5.41, 5.74) is 0.851. The van der Waals surface area contributed by atoms with Crippen LogP contribution in [0.2, 0.25) is 0 Å². The first kappa shape index (κ1) is 14.1. The zero-order chi connectivity index (χ0) is 12.7. The van der Waals surface area contributed by atoms with E-state index in [0.717, 1.165) is 18.5 Å². The van der Waals surface area contributed by atoms with Crippen LogP contribution in [0.15, 0.2) is 18.3 Å². The monoisotopic (exact) mass is 240 g/mol. The molecule has 1 aromatic rings. The van der Waals surface area contributed by atoms with E-state index >= 15 is 0 Å². The largest absolute Gasteiger partial charge is 0.383 e. The van der Waals surface area contributed by atoms with E-state index in [9.17, 15) is 4.39 Å². The molecule has 17 heavy (non-hydrogen) atoms. The predicted molar refractivity (Wildman–Crippen MR) is 66.3 cm³/mol. The van der Waals surface area contributed by atoms with Crippen LogP contribution in [0, 0.1) is 5.82 Å². The number of methoxy groups -OCH3 is 1. The minimum atomic E-state index is -0.303. The quantitative estimate of drug-likeness (QED) is 0.795. The molecule has 0 amide bonds. The fraction of sp³-hybridized carbons (Fsp3) is 0.615. The van der Waals surface area contributed by atoms with Crippen LogP contribution in [0.1, 0.15) is 38.4 Å². The van der Waals surface area contributed by atoms with Gasteiger partial charge in [-0.3, -0.25) is 4.98 Å². The van der Waals surface area contributed by atoms with Gasteiger partial charge >= 0.3 is 0 Å². The normalized spacial score (nSPS) is 14.6. The van der Waals surface area contributed by atoms with E-state index in [1.165, 1.54) is 12.3 Å².